The van der Waals surface area contributed by atoms with Gasteiger partial charge in [0.1, 0.15) is 5.78 Å². The van der Waals surface area contributed by atoms with E-state index < -0.39 is 0 Å². The average Bonchev–Trinajstić information content (AvgIpc) is 4.15. The molecule has 1 unspecified atom stereocenters. The zero-order chi connectivity index (χ0) is 46.7. The van der Waals surface area contributed by atoms with E-state index in [-0.39, 0.29) is 52.2 Å². The number of aromatic hydroxyl groups is 1. The van der Waals surface area contributed by atoms with E-state index in [1.54, 1.807) is 17.1 Å². The van der Waals surface area contributed by atoms with Gasteiger partial charge in [-0.3, -0.25) is 14.4 Å². The molecule has 2 aliphatic carbocycles. The van der Waals surface area contributed by atoms with E-state index >= 15 is 0 Å². The number of carbonyl (C=O) groups is 3. The molecule has 4 fully saturated rings. The van der Waals surface area contributed by atoms with E-state index in [1.165, 1.54) is 36.8 Å². The molecule has 10 rings (SSSR count). The molecule has 6 aliphatic rings. The lowest BCUT2D eigenvalue weighted by atomic mass is 9.67. The molecule has 4 aromatic rings. The van der Waals surface area contributed by atoms with Crippen LogP contribution in [-0.2, 0) is 14.4 Å². The van der Waals surface area contributed by atoms with E-state index in [4.69, 9.17) is 16.3 Å². The van der Waals surface area contributed by atoms with Gasteiger partial charge in [0, 0.05) is 62.0 Å². The van der Waals surface area contributed by atoms with Crippen molar-refractivity contribution < 1.29 is 24.2 Å². The molecule has 0 spiro atoms. The summed E-state index contributed by atoms with van der Waals surface area (Å²) in [7, 11) is 1.55. The van der Waals surface area contributed by atoms with Gasteiger partial charge in [-0.05, 0) is 92.1 Å². The van der Waals surface area contributed by atoms with Gasteiger partial charge in [0.15, 0.2) is 11.5 Å². The number of benzene rings is 2. The summed E-state index contributed by atoms with van der Waals surface area (Å²) in [6.45, 7) is 10.1. The predicted octanol–water partition coefficient (Wildman–Crippen LogP) is 8.23. The third kappa shape index (κ3) is 10.9. The summed E-state index contributed by atoms with van der Waals surface area (Å²) >= 11 is 5.39. The number of rotatable bonds is 7. The second-order valence-corrected chi connectivity index (χ2v) is 18.6. The molecule has 2 saturated carbocycles. The van der Waals surface area contributed by atoms with Crippen molar-refractivity contribution >= 4 is 47.6 Å². The topological polar surface area (TPSA) is 179 Å². The monoisotopic (exact) mass is 918 g/mol. The Kier molecular flexibility index (Phi) is 16.1. The number of ketones is 1. The van der Waals surface area contributed by atoms with E-state index in [0.717, 1.165) is 89.5 Å². The number of fused-ring (bicyclic) bond motifs is 2. The molecule has 0 radical (unpaired) electrons. The molecule has 16 heteroatoms. The van der Waals surface area contributed by atoms with Crippen molar-refractivity contribution in [2.75, 3.05) is 38.2 Å². The number of nitrogens with zero attached hydrogens (tertiary/aromatic N) is 9. The van der Waals surface area contributed by atoms with Gasteiger partial charge in [0.05, 0.1) is 44.0 Å². The zero-order valence-electron chi connectivity index (χ0n) is 38.5. The SMILES string of the molecule is CC[C@]12CCC(CC1=O)C2(C)C.COc1cnc(Cl)nc1.O=C(C1CCN(c2ncc(O)cn2)CC1)N1N=CC[C@H]1c1ccccc1.O=C(C1CCNCC1)N1N=CC[C@H]1c1ccccc1. The van der Waals surface area contributed by atoms with Crippen LogP contribution in [0.25, 0.3) is 0 Å². The highest BCUT2D eigenvalue weighted by Gasteiger charge is 2.62. The summed E-state index contributed by atoms with van der Waals surface area (Å²) in [5, 5.41) is 24.8. The summed E-state index contributed by atoms with van der Waals surface area (Å²) in [6, 6.07) is 20.3. The Morgan fingerprint density at radius 1 is 0.773 bits per heavy atom. The second kappa shape index (κ2) is 22.1. The number of halogens is 1. The molecule has 2 aromatic carbocycles. The quantitative estimate of drug-likeness (QED) is 0.171. The van der Waals surface area contributed by atoms with Crippen molar-refractivity contribution in [1.82, 2.24) is 35.3 Å². The number of Topliss-reactive ketones (excluding diaryl/α,β-unsaturated/α-hetero) is 1. The van der Waals surface area contributed by atoms with Crippen LogP contribution in [-0.4, -0.2) is 98.4 Å². The van der Waals surface area contributed by atoms with E-state index in [9.17, 15) is 19.5 Å². The van der Waals surface area contributed by atoms with E-state index in [2.05, 4.69) is 68.4 Å². The molecule has 15 nitrogen and oxygen atoms in total. The second-order valence-electron chi connectivity index (χ2n) is 18.2. The van der Waals surface area contributed by atoms with Crippen LogP contribution in [0.2, 0.25) is 5.28 Å². The minimum atomic E-state index is -0.0372. The van der Waals surface area contributed by atoms with Crippen LogP contribution in [0.1, 0.15) is 108 Å². The first kappa shape index (κ1) is 48.1. The minimum absolute atomic E-state index is 0.00200. The molecule has 4 atom stereocenters. The number of hydrogen-bond donors (Lipinski definition) is 2. The molecule has 2 aromatic heterocycles. The summed E-state index contributed by atoms with van der Waals surface area (Å²) in [5.41, 5.74) is 2.65. The number of anilines is 1. The highest BCUT2D eigenvalue weighted by Crippen LogP contribution is 2.65. The van der Waals surface area contributed by atoms with Gasteiger partial charge in [-0.15, -0.1) is 0 Å². The summed E-state index contributed by atoms with van der Waals surface area (Å²) in [4.78, 5) is 55.1. The molecular formula is C50H63ClN10O5. The normalized spacial score (nSPS) is 24.2. The lowest BCUT2D eigenvalue weighted by molar-refractivity contribution is -0.138. The van der Waals surface area contributed by atoms with Gasteiger partial charge in [-0.1, -0.05) is 81.4 Å². The number of ether oxygens (including phenoxy) is 1. The molecule has 66 heavy (non-hydrogen) atoms. The lowest BCUT2D eigenvalue weighted by Gasteiger charge is -2.35. The van der Waals surface area contributed by atoms with Crippen molar-refractivity contribution in [3.05, 3.63) is 102 Å². The van der Waals surface area contributed by atoms with E-state index in [1.807, 2.05) is 65.9 Å². The third-order valence-corrected chi connectivity index (χ3v) is 14.7. The smallest absolute Gasteiger partial charge is 0.246 e. The fourth-order valence-corrected chi connectivity index (χ4v) is 10.5. The van der Waals surface area contributed by atoms with Gasteiger partial charge in [-0.2, -0.15) is 10.2 Å². The average molecular weight is 920 g/mol. The third-order valence-electron chi connectivity index (χ3n) is 14.5. The van der Waals surface area contributed by atoms with Crippen molar-refractivity contribution in [2.45, 2.75) is 97.1 Å². The Labute approximate surface area is 393 Å². The Morgan fingerprint density at radius 2 is 1.29 bits per heavy atom. The van der Waals surface area contributed by atoms with Gasteiger partial charge in [0.2, 0.25) is 23.0 Å². The molecule has 6 heterocycles. The van der Waals surface area contributed by atoms with Crippen LogP contribution in [0.15, 0.2) is 95.7 Å². The van der Waals surface area contributed by atoms with Crippen LogP contribution in [0, 0.1) is 28.6 Å². The molecule has 4 aliphatic heterocycles. The van der Waals surface area contributed by atoms with Crippen molar-refractivity contribution in [2.24, 2.45) is 38.8 Å². The summed E-state index contributed by atoms with van der Waals surface area (Å²) in [5.74, 6) is 2.86. The first-order valence-electron chi connectivity index (χ1n) is 23.3. The number of nitrogens with one attached hydrogen (secondary N) is 1. The molecule has 2 amide bonds. The van der Waals surface area contributed by atoms with Gasteiger partial charge < -0.3 is 20.1 Å². The predicted molar refractivity (Wildman–Crippen MR) is 255 cm³/mol. The first-order valence-corrected chi connectivity index (χ1v) is 23.7. The summed E-state index contributed by atoms with van der Waals surface area (Å²) < 4.78 is 4.79. The van der Waals surface area contributed by atoms with Gasteiger partial charge >= 0.3 is 0 Å². The number of piperidine rings is 2. The zero-order valence-corrected chi connectivity index (χ0v) is 39.3. The largest absolute Gasteiger partial charge is 0.505 e. The minimum Gasteiger partial charge on any atom is -0.505 e. The Bertz CT molecular complexity index is 2270. The standard InChI is InChI=1S/C19H21N5O2.C15H19N3O.C11H18O.C5H5ClN2O/c25-16-12-20-19(21-13-16)23-10-7-15(8-11-23)18(26)24-17(6-9-22-24)14-4-2-1-3-5-14;19-15(13-6-9-16-10-7-13)18-14(8-11-17-18)12-4-2-1-3-5-12;1-4-11-6-5-8(7-9(11)12)10(11,2)3;1-9-4-2-7-5(6)8-3-4/h1-5,9,12-13,15,17,25H,6-8,10-11H2;1-5,11,13-14,16H,6-10H2;8H,4-7H2,1-3H3;2-3H,1H3/t17-;14-;8?,11-;/m000./s1. The highest BCUT2D eigenvalue weighted by atomic mass is 35.5. The fraction of sp³-hybridized carbons (Fsp3) is 0.500. The highest BCUT2D eigenvalue weighted by molar-refractivity contribution is 6.28. The fourth-order valence-electron chi connectivity index (χ4n) is 10.4. The summed E-state index contributed by atoms with van der Waals surface area (Å²) in [6.07, 6.45) is 18.8. The van der Waals surface area contributed by atoms with Crippen molar-refractivity contribution in [3.8, 4) is 11.5 Å². The van der Waals surface area contributed by atoms with Gasteiger partial charge in [-0.25, -0.2) is 30.0 Å². The van der Waals surface area contributed by atoms with Crippen LogP contribution in [0.3, 0.4) is 0 Å². The van der Waals surface area contributed by atoms with Crippen LogP contribution < -0.4 is 15.0 Å². The number of amides is 2. The Hall–Kier alpha value is -5.80. The number of carbonyl (C=O) groups excluding carboxylic acids is 3. The molecule has 2 bridgehead atoms. The molecular weight excluding hydrogens is 856 g/mol. The molecule has 350 valence electrons. The molecule has 2 N–H and O–H groups in total. The number of aromatic nitrogens is 4. The lowest BCUT2D eigenvalue weighted by Crippen LogP contribution is -2.41. The van der Waals surface area contributed by atoms with Crippen LogP contribution >= 0.6 is 11.6 Å². The Morgan fingerprint density at radius 3 is 1.73 bits per heavy atom. The van der Waals surface area contributed by atoms with E-state index in [0.29, 0.717) is 28.8 Å². The maximum Gasteiger partial charge on any atom is 0.246 e. The van der Waals surface area contributed by atoms with Crippen molar-refractivity contribution in [3.63, 3.8) is 0 Å². The van der Waals surface area contributed by atoms with Crippen LogP contribution in [0.5, 0.6) is 11.5 Å². The number of hydrazone groups is 2. The molecule has 2 saturated heterocycles. The number of methoxy groups -OCH3 is 1. The Balaban J connectivity index is 0.000000141. The van der Waals surface area contributed by atoms with Crippen molar-refractivity contribution in [1.29, 1.82) is 0 Å². The number of hydrogen-bond acceptors (Lipinski definition) is 13. The maximum absolute atomic E-state index is 13.0. The van der Waals surface area contributed by atoms with Gasteiger partial charge in [0.25, 0.3) is 0 Å². The maximum atomic E-state index is 13.0. The first-order chi connectivity index (χ1) is 31.9. The van der Waals surface area contributed by atoms with Crippen LogP contribution in [0.4, 0.5) is 5.95 Å².